The smallest absolute Gasteiger partial charge is 0.341 e. The maximum atomic E-state index is 13.2. The minimum absolute atomic E-state index is 0.0211. The fourth-order valence-electron chi connectivity index (χ4n) is 2.07. The highest BCUT2D eigenvalue weighted by Crippen LogP contribution is 2.39. The lowest BCUT2D eigenvalue weighted by Crippen LogP contribution is -2.57. The van der Waals surface area contributed by atoms with Crippen molar-refractivity contribution in [1.82, 2.24) is 0 Å². The molecular weight excluding hydrogens is 239 g/mol. The number of halogens is 1. The minimum Gasteiger partial charge on any atom is -0.479 e. The number of benzene rings is 1. The highest BCUT2D eigenvalue weighted by molar-refractivity contribution is 5.74. The molecule has 2 N–H and O–H groups in total. The number of carboxylic acids is 1. The maximum Gasteiger partial charge on any atom is 0.341 e. The third-order valence-corrected chi connectivity index (χ3v) is 3.18. The standard InChI is InChI=1S/C13H15FO4/c14-11(12(15)16)13(17)6-10(7-13)18-8-9-4-2-1-3-5-9/h1-5,10-11,17H,6-8H2,(H,15,16). The Morgan fingerprint density at radius 2 is 2.06 bits per heavy atom. The zero-order chi connectivity index (χ0) is 13.2. The molecule has 4 nitrogen and oxygen atoms in total. The van der Waals surface area contributed by atoms with Crippen molar-refractivity contribution in [2.24, 2.45) is 0 Å². The van der Waals surface area contributed by atoms with Crippen LogP contribution in [-0.4, -0.2) is 34.1 Å². The fraction of sp³-hybridized carbons (Fsp3) is 0.462. The molecule has 0 saturated heterocycles. The van der Waals surface area contributed by atoms with Gasteiger partial charge in [0.2, 0.25) is 6.17 Å². The Hall–Kier alpha value is -1.46. The number of alkyl halides is 1. The topological polar surface area (TPSA) is 66.8 Å². The van der Waals surface area contributed by atoms with Gasteiger partial charge in [-0.05, 0) is 5.56 Å². The number of rotatable bonds is 5. The van der Waals surface area contributed by atoms with Crippen LogP contribution >= 0.6 is 0 Å². The highest BCUT2D eigenvalue weighted by atomic mass is 19.1. The summed E-state index contributed by atoms with van der Waals surface area (Å²) in [5.74, 6) is -1.63. The molecule has 0 spiro atoms. The van der Waals surface area contributed by atoms with E-state index in [4.69, 9.17) is 9.84 Å². The average Bonchev–Trinajstić information content (AvgIpc) is 2.33. The first-order valence-corrected chi connectivity index (χ1v) is 5.76. The zero-order valence-electron chi connectivity index (χ0n) is 9.75. The third kappa shape index (κ3) is 2.68. The Labute approximate surface area is 104 Å². The van der Waals surface area contributed by atoms with E-state index >= 15 is 0 Å². The van der Waals surface area contributed by atoms with Crippen LogP contribution in [0.2, 0.25) is 0 Å². The van der Waals surface area contributed by atoms with Crippen LogP contribution in [0, 0.1) is 0 Å². The molecule has 1 aliphatic rings. The van der Waals surface area contributed by atoms with Gasteiger partial charge in [0, 0.05) is 12.8 Å². The zero-order valence-corrected chi connectivity index (χ0v) is 9.75. The number of hydrogen-bond acceptors (Lipinski definition) is 3. The maximum absolute atomic E-state index is 13.2. The van der Waals surface area contributed by atoms with E-state index in [0.29, 0.717) is 6.61 Å². The van der Waals surface area contributed by atoms with E-state index in [1.807, 2.05) is 30.3 Å². The molecule has 0 heterocycles. The number of carboxylic acid groups (broad SMARTS) is 1. The average molecular weight is 254 g/mol. The van der Waals surface area contributed by atoms with Gasteiger partial charge >= 0.3 is 5.97 Å². The van der Waals surface area contributed by atoms with Gasteiger partial charge in [0.05, 0.1) is 12.7 Å². The van der Waals surface area contributed by atoms with Gasteiger partial charge in [0.1, 0.15) is 5.60 Å². The molecule has 1 aromatic rings. The molecule has 5 heteroatoms. The monoisotopic (exact) mass is 254 g/mol. The molecule has 98 valence electrons. The van der Waals surface area contributed by atoms with E-state index in [-0.39, 0.29) is 18.9 Å². The number of carbonyl (C=O) groups is 1. The van der Waals surface area contributed by atoms with E-state index in [9.17, 15) is 14.3 Å². The molecule has 1 saturated carbocycles. The lowest BCUT2D eigenvalue weighted by Gasteiger charge is -2.43. The normalized spacial score (nSPS) is 28.4. The molecule has 1 aliphatic carbocycles. The summed E-state index contributed by atoms with van der Waals surface area (Å²) in [4.78, 5) is 10.4. The summed E-state index contributed by atoms with van der Waals surface area (Å²) in [6.07, 6.45) is -2.48. The van der Waals surface area contributed by atoms with Gasteiger partial charge in [-0.15, -0.1) is 0 Å². The Bertz CT molecular complexity index is 414. The van der Waals surface area contributed by atoms with Crippen molar-refractivity contribution in [1.29, 1.82) is 0 Å². The van der Waals surface area contributed by atoms with Crippen molar-refractivity contribution < 1.29 is 24.1 Å². The molecule has 2 rings (SSSR count). The Morgan fingerprint density at radius 1 is 1.44 bits per heavy atom. The second-order valence-electron chi connectivity index (χ2n) is 4.63. The Morgan fingerprint density at radius 3 is 2.61 bits per heavy atom. The van der Waals surface area contributed by atoms with Gasteiger partial charge in [-0.3, -0.25) is 0 Å². The predicted molar refractivity (Wildman–Crippen MR) is 61.7 cm³/mol. The summed E-state index contributed by atoms with van der Waals surface area (Å²) in [6, 6.07) is 9.47. The summed E-state index contributed by atoms with van der Waals surface area (Å²) < 4.78 is 18.7. The predicted octanol–water partition coefficient (Wildman–Crippen LogP) is 1.52. The fourth-order valence-corrected chi connectivity index (χ4v) is 2.07. The van der Waals surface area contributed by atoms with Crippen LogP contribution in [0.3, 0.4) is 0 Å². The van der Waals surface area contributed by atoms with Crippen molar-refractivity contribution in [2.75, 3.05) is 0 Å². The molecule has 1 unspecified atom stereocenters. The van der Waals surface area contributed by atoms with Crippen molar-refractivity contribution in [3.8, 4) is 0 Å². The first-order valence-electron chi connectivity index (χ1n) is 5.76. The molecule has 1 fully saturated rings. The van der Waals surface area contributed by atoms with Crippen LogP contribution in [0.4, 0.5) is 4.39 Å². The van der Waals surface area contributed by atoms with Crippen LogP contribution < -0.4 is 0 Å². The van der Waals surface area contributed by atoms with Crippen LogP contribution in [0.25, 0.3) is 0 Å². The van der Waals surface area contributed by atoms with Gasteiger partial charge < -0.3 is 14.9 Å². The Kier molecular flexibility index (Phi) is 3.63. The molecule has 0 bridgehead atoms. The van der Waals surface area contributed by atoms with E-state index in [0.717, 1.165) is 5.56 Å². The van der Waals surface area contributed by atoms with Crippen molar-refractivity contribution in [2.45, 2.75) is 37.3 Å². The van der Waals surface area contributed by atoms with E-state index in [1.54, 1.807) is 0 Å². The van der Waals surface area contributed by atoms with Crippen LogP contribution in [0.15, 0.2) is 30.3 Å². The molecule has 0 amide bonds. The highest BCUT2D eigenvalue weighted by Gasteiger charge is 2.52. The molecule has 0 radical (unpaired) electrons. The van der Waals surface area contributed by atoms with Crippen molar-refractivity contribution in [3.05, 3.63) is 35.9 Å². The lowest BCUT2D eigenvalue weighted by molar-refractivity contribution is -0.190. The van der Waals surface area contributed by atoms with Gasteiger partial charge in [-0.25, -0.2) is 9.18 Å². The molecule has 0 aromatic heterocycles. The lowest BCUT2D eigenvalue weighted by atomic mass is 9.74. The molecule has 1 atom stereocenters. The molecule has 1 aromatic carbocycles. The number of ether oxygens (including phenoxy) is 1. The second-order valence-corrected chi connectivity index (χ2v) is 4.63. The second kappa shape index (κ2) is 5.04. The van der Waals surface area contributed by atoms with Crippen LogP contribution in [0.5, 0.6) is 0 Å². The first kappa shape index (κ1) is 13.0. The van der Waals surface area contributed by atoms with Crippen LogP contribution in [0.1, 0.15) is 18.4 Å². The summed E-state index contributed by atoms with van der Waals surface area (Å²) in [6.45, 7) is 0.381. The first-order chi connectivity index (χ1) is 8.51. The molecule has 0 aliphatic heterocycles. The molecule has 18 heavy (non-hydrogen) atoms. The third-order valence-electron chi connectivity index (χ3n) is 3.18. The SMILES string of the molecule is O=C(O)C(F)C1(O)CC(OCc2ccccc2)C1. The number of aliphatic hydroxyl groups is 1. The van der Waals surface area contributed by atoms with Gasteiger partial charge in [0.15, 0.2) is 0 Å². The van der Waals surface area contributed by atoms with Crippen LogP contribution in [-0.2, 0) is 16.1 Å². The van der Waals surface area contributed by atoms with E-state index in [1.165, 1.54) is 0 Å². The van der Waals surface area contributed by atoms with Gasteiger partial charge in [0.25, 0.3) is 0 Å². The van der Waals surface area contributed by atoms with Gasteiger partial charge in [-0.2, -0.15) is 0 Å². The number of hydrogen-bond donors (Lipinski definition) is 2. The summed E-state index contributed by atoms with van der Waals surface area (Å²) in [7, 11) is 0. The minimum atomic E-state index is -2.24. The number of aliphatic carboxylic acids is 1. The summed E-state index contributed by atoms with van der Waals surface area (Å²) >= 11 is 0. The van der Waals surface area contributed by atoms with Crippen molar-refractivity contribution in [3.63, 3.8) is 0 Å². The quantitative estimate of drug-likeness (QED) is 0.836. The van der Waals surface area contributed by atoms with E-state index < -0.39 is 17.7 Å². The van der Waals surface area contributed by atoms with Crippen molar-refractivity contribution >= 4 is 5.97 Å². The summed E-state index contributed by atoms with van der Waals surface area (Å²) in [5.41, 5.74) is -0.782. The van der Waals surface area contributed by atoms with Gasteiger partial charge in [-0.1, -0.05) is 30.3 Å². The Balaban J connectivity index is 1.78. The largest absolute Gasteiger partial charge is 0.479 e. The summed E-state index contributed by atoms with van der Waals surface area (Å²) in [5, 5.41) is 18.2. The van der Waals surface area contributed by atoms with E-state index in [2.05, 4.69) is 0 Å². The molecular formula is C13H15FO4.